The van der Waals surface area contributed by atoms with E-state index in [2.05, 4.69) is 34.7 Å². The van der Waals surface area contributed by atoms with E-state index in [1.807, 2.05) is 68.4 Å². The first-order valence-electron chi connectivity index (χ1n) is 9.24. The highest BCUT2D eigenvalue weighted by atomic mass is 16.6. The van der Waals surface area contributed by atoms with Crippen molar-refractivity contribution in [1.29, 1.82) is 0 Å². The van der Waals surface area contributed by atoms with E-state index in [1.54, 1.807) is 6.21 Å². The smallest absolute Gasteiger partial charge is 0.261 e. The third kappa shape index (κ3) is 5.10. The number of rotatable bonds is 7. The molecular weight excluding hydrogens is 350 g/mol. The van der Waals surface area contributed by atoms with Crippen molar-refractivity contribution in [2.45, 2.75) is 13.0 Å². The zero-order valence-electron chi connectivity index (χ0n) is 16.4. The highest BCUT2D eigenvalue weighted by Crippen LogP contribution is 2.20. The Bertz CT molecular complexity index is 965. The normalized spacial score (nSPS) is 12.1. The van der Waals surface area contributed by atoms with E-state index in [0.717, 1.165) is 22.2 Å². The predicted octanol–water partition coefficient (Wildman–Crippen LogP) is 4.13. The van der Waals surface area contributed by atoms with Crippen LogP contribution >= 0.6 is 0 Å². The van der Waals surface area contributed by atoms with E-state index in [4.69, 9.17) is 4.84 Å². The summed E-state index contributed by atoms with van der Waals surface area (Å²) in [6, 6.07) is 22.1. The standard InChI is InChI=1S/C23H25N3O2/c1-17(20-11-10-19-6-4-5-7-21(19)14-20)25-23(27)16-28-24-15-18-8-12-22(13-9-18)26(2)3/h4-15,17H,16H2,1-3H3,(H,25,27)/b24-15+. The second-order valence-electron chi connectivity index (χ2n) is 6.89. The van der Waals surface area contributed by atoms with Crippen LogP contribution in [0.2, 0.25) is 0 Å². The number of carbonyl (C=O) groups excluding carboxylic acids is 1. The molecule has 0 radical (unpaired) electrons. The monoisotopic (exact) mass is 375 g/mol. The lowest BCUT2D eigenvalue weighted by atomic mass is 10.0. The molecule has 0 heterocycles. The Balaban J connectivity index is 1.49. The van der Waals surface area contributed by atoms with Crippen LogP contribution in [0.5, 0.6) is 0 Å². The van der Waals surface area contributed by atoms with Crippen molar-refractivity contribution in [2.75, 3.05) is 25.6 Å². The van der Waals surface area contributed by atoms with E-state index >= 15 is 0 Å². The Morgan fingerprint density at radius 2 is 1.79 bits per heavy atom. The predicted molar refractivity (Wildman–Crippen MR) is 115 cm³/mol. The first-order valence-corrected chi connectivity index (χ1v) is 9.24. The van der Waals surface area contributed by atoms with Crippen LogP contribution in [0.4, 0.5) is 5.69 Å². The van der Waals surface area contributed by atoms with Crippen LogP contribution < -0.4 is 10.2 Å². The molecule has 0 saturated heterocycles. The summed E-state index contributed by atoms with van der Waals surface area (Å²) in [7, 11) is 3.98. The highest BCUT2D eigenvalue weighted by molar-refractivity contribution is 5.83. The van der Waals surface area contributed by atoms with Crippen LogP contribution in [0.25, 0.3) is 10.8 Å². The number of benzene rings is 3. The summed E-state index contributed by atoms with van der Waals surface area (Å²) in [5.41, 5.74) is 3.08. The third-order valence-electron chi connectivity index (χ3n) is 4.53. The van der Waals surface area contributed by atoms with Gasteiger partial charge < -0.3 is 15.1 Å². The number of hydrogen-bond acceptors (Lipinski definition) is 4. The van der Waals surface area contributed by atoms with Gasteiger partial charge in [-0.3, -0.25) is 4.79 Å². The maximum atomic E-state index is 12.1. The Kier molecular flexibility index (Phi) is 6.27. The maximum Gasteiger partial charge on any atom is 0.261 e. The minimum absolute atomic E-state index is 0.108. The van der Waals surface area contributed by atoms with E-state index in [1.165, 1.54) is 5.39 Å². The molecule has 0 aliphatic heterocycles. The van der Waals surface area contributed by atoms with E-state index in [0.29, 0.717) is 0 Å². The van der Waals surface area contributed by atoms with Crippen LogP contribution in [0.15, 0.2) is 71.9 Å². The molecule has 0 bridgehead atoms. The van der Waals surface area contributed by atoms with Crippen molar-refractivity contribution in [1.82, 2.24) is 5.32 Å². The molecule has 1 atom stereocenters. The lowest BCUT2D eigenvalue weighted by Gasteiger charge is -2.14. The molecule has 0 fully saturated rings. The molecule has 144 valence electrons. The van der Waals surface area contributed by atoms with E-state index < -0.39 is 0 Å². The van der Waals surface area contributed by atoms with Gasteiger partial charge in [0.1, 0.15) is 0 Å². The molecule has 0 spiro atoms. The lowest BCUT2D eigenvalue weighted by molar-refractivity contribution is -0.126. The number of fused-ring (bicyclic) bond motifs is 1. The van der Waals surface area contributed by atoms with Gasteiger partial charge in [-0.05, 0) is 47.0 Å². The minimum Gasteiger partial charge on any atom is -0.386 e. The average molecular weight is 375 g/mol. The van der Waals surface area contributed by atoms with Crippen molar-refractivity contribution >= 4 is 28.6 Å². The third-order valence-corrected chi connectivity index (χ3v) is 4.53. The summed E-state index contributed by atoms with van der Waals surface area (Å²) < 4.78 is 0. The first-order chi connectivity index (χ1) is 13.5. The van der Waals surface area contributed by atoms with Crippen molar-refractivity contribution in [3.63, 3.8) is 0 Å². The van der Waals surface area contributed by atoms with Gasteiger partial charge in [0, 0.05) is 19.8 Å². The summed E-state index contributed by atoms with van der Waals surface area (Å²) in [5, 5.41) is 9.15. The van der Waals surface area contributed by atoms with Crippen LogP contribution in [-0.2, 0) is 9.63 Å². The van der Waals surface area contributed by atoms with Gasteiger partial charge in [-0.25, -0.2) is 0 Å². The molecule has 5 heteroatoms. The number of anilines is 1. The van der Waals surface area contributed by atoms with E-state index in [9.17, 15) is 4.79 Å². The molecule has 3 aromatic rings. The van der Waals surface area contributed by atoms with E-state index in [-0.39, 0.29) is 18.6 Å². The van der Waals surface area contributed by atoms with Crippen LogP contribution in [0.3, 0.4) is 0 Å². The minimum atomic E-state index is -0.208. The molecule has 1 N–H and O–H groups in total. The summed E-state index contributed by atoms with van der Waals surface area (Å²) >= 11 is 0. The van der Waals surface area contributed by atoms with Gasteiger partial charge >= 0.3 is 0 Å². The number of amides is 1. The van der Waals surface area contributed by atoms with Gasteiger partial charge in [0.25, 0.3) is 5.91 Å². The molecule has 1 unspecified atom stereocenters. The Morgan fingerprint density at radius 3 is 2.50 bits per heavy atom. The summed E-state index contributed by atoms with van der Waals surface area (Å²) in [5.74, 6) is -0.208. The SMILES string of the molecule is CC(NC(=O)CO/N=C/c1ccc(N(C)C)cc1)c1ccc2ccccc2c1. The maximum absolute atomic E-state index is 12.1. The topological polar surface area (TPSA) is 53.9 Å². The molecule has 3 rings (SSSR count). The quantitative estimate of drug-likeness (QED) is 0.499. The van der Waals surface area contributed by atoms with Crippen LogP contribution in [0, 0.1) is 0 Å². The van der Waals surface area contributed by atoms with Gasteiger partial charge in [-0.2, -0.15) is 0 Å². The number of nitrogens with zero attached hydrogens (tertiary/aromatic N) is 2. The fourth-order valence-electron chi connectivity index (χ4n) is 2.90. The Hall–Kier alpha value is -3.34. The second kappa shape index (κ2) is 9.04. The number of nitrogens with one attached hydrogen (secondary N) is 1. The number of oxime groups is 1. The molecule has 0 aliphatic carbocycles. The number of carbonyl (C=O) groups is 1. The fraction of sp³-hybridized carbons (Fsp3) is 0.217. The second-order valence-corrected chi connectivity index (χ2v) is 6.89. The van der Waals surface area contributed by atoms with Gasteiger partial charge in [0.2, 0.25) is 0 Å². The average Bonchev–Trinajstić information content (AvgIpc) is 2.71. The first kappa shape index (κ1) is 19.4. The van der Waals surface area contributed by atoms with Crippen molar-refractivity contribution in [3.8, 4) is 0 Å². The highest BCUT2D eigenvalue weighted by Gasteiger charge is 2.10. The Labute approximate surface area is 165 Å². The molecular formula is C23H25N3O2. The molecule has 28 heavy (non-hydrogen) atoms. The Morgan fingerprint density at radius 1 is 1.07 bits per heavy atom. The van der Waals surface area contributed by atoms with Gasteiger partial charge in [0.15, 0.2) is 6.61 Å². The zero-order chi connectivity index (χ0) is 19.9. The molecule has 0 saturated carbocycles. The van der Waals surface area contributed by atoms with Crippen molar-refractivity contribution < 1.29 is 9.63 Å². The molecule has 0 aromatic heterocycles. The summed E-state index contributed by atoms with van der Waals surface area (Å²) in [6.45, 7) is 1.84. The molecule has 0 aliphatic rings. The van der Waals surface area contributed by atoms with Gasteiger partial charge in [-0.15, -0.1) is 0 Å². The van der Waals surface area contributed by atoms with Gasteiger partial charge in [0.05, 0.1) is 12.3 Å². The summed E-state index contributed by atoms with van der Waals surface area (Å²) in [4.78, 5) is 19.3. The largest absolute Gasteiger partial charge is 0.386 e. The van der Waals surface area contributed by atoms with Crippen LogP contribution in [-0.4, -0.2) is 32.8 Å². The zero-order valence-corrected chi connectivity index (χ0v) is 16.4. The summed E-state index contributed by atoms with van der Waals surface area (Å²) in [6.07, 6.45) is 1.60. The molecule has 3 aromatic carbocycles. The lowest BCUT2D eigenvalue weighted by Crippen LogP contribution is -2.29. The van der Waals surface area contributed by atoms with Crippen molar-refractivity contribution in [3.05, 3.63) is 77.9 Å². The number of hydrogen-bond donors (Lipinski definition) is 1. The van der Waals surface area contributed by atoms with Crippen LogP contribution in [0.1, 0.15) is 24.1 Å². The van der Waals surface area contributed by atoms with Gasteiger partial charge in [-0.1, -0.05) is 53.7 Å². The van der Waals surface area contributed by atoms with Crippen molar-refractivity contribution in [2.24, 2.45) is 5.16 Å². The molecule has 1 amide bonds. The molecule has 5 nitrogen and oxygen atoms in total. The fourth-order valence-corrected chi connectivity index (χ4v) is 2.90.